The first kappa shape index (κ1) is 29.6. The molecule has 1 aromatic carbocycles. The van der Waals surface area contributed by atoms with E-state index >= 15 is 0 Å². The van der Waals surface area contributed by atoms with E-state index in [0.717, 1.165) is 5.56 Å². The molecule has 3 aromatic rings. The molecule has 0 aliphatic rings. The van der Waals surface area contributed by atoms with Crippen molar-refractivity contribution >= 4 is 48.8 Å². The zero-order chi connectivity index (χ0) is 28.1. The second-order valence-electron chi connectivity index (χ2n) is 9.94. The number of thiazole rings is 1. The van der Waals surface area contributed by atoms with Gasteiger partial charge in [0.2, 0.25) is 17.7 Å². The Hall–Kier alpha value is -2.93. The summed E-state index contributed by atoms with van der Waals surface area (Å²) in [4.78, 5) is 26.0. The van der Waals surface area contributed by atoms with Crippen LogP contribution in [0.3, 0.4) is 0 Å². The van der Waals surface area contributed by atoms with Crippen LogP contribution in [0.2, 0.25) is 23.2 Å². The van der Waals surface area contributed by atoms with E-state index < -0.39 is 14.2 Å². The molecule has 0 saturated carbocycles. The minimum atomic E-state index is -1.86. The van der Waals surface area contributed by atoms with Crippen LogP contribution in [0, 0.1) is 6.92 Å². The molecule has 0 fully saturated rings. The maximum Gasteiger partial charge on any atom is 0.279 e. The molecule has 3 rings (SSSR count). The summed E-state index contributed by atoms with van der Waals surface area (Å²) in [6.45, 7) is 13.9. The molecular weight excluding hydrogens is 546 g/mol. The van der Waals surface area contributed by atoms with Crippen molar-refractivity contribution in [3.05, 3.63) is 39.9 Å². The lowest BCUT2D eigenvalue weighted by Gasteiger charge is -2.36. The first-order valence-corrected chi connectivity index (χ1v) is 16.1. The van der Waals surface area contributed by atoms with Crippen LogP contribution in [-0.2, 0) is 4.43 Å². The number of rotatable bonds is 11. The Bertz CT molecular complexity index is 1260. The highest BCUT2D eigenvalue weighted by Crippen LogP contribution is 2.37. The van der Waals surface area contributed by atoms with Gasteiger partial charge in [0, 0.05) is 16.9 Å². The second kappa shape index (κ2) is 12.3. The Morgan fingerprint density at radius 1 is 1.11 bits per heavy atom. The average molecular weight is 580 g/mol. The summed E-state index contributed by atoms with van der Waals surface area (Å²) in [5, 5.41) is 8.41. The third kappa shape index (κ3) is 7.34. The number of ether oxygens (including phenoxy) is 3. The van der Waals surface area contributed by atoms with Crippen molar-refractivity contribution in [1.82, 2.24) is 15.0 Å². The minimum absolute atomic E-state index is 0.119. The zero-order valence-corrected chi connectivity index (χ0v) is 25.5. The van der Waals surface area contributed by atoms with Gasteiger partial charge < -0.3 is 29.3 Å². The summed E-state index contributed by atoms with van der Waals surface area (Å²) in [6, 6.07) is 5.31. The fourth-order valence-corrected chi connectivity index (χ4v) is 4.82. The van der Waals surface area contributed by atoms with Gasteiger partial charge in [-0.1, -0.05) is 49.8 Å². The van der Waals surface area contributed by atoms with Crippen molar-refractivity contribution in [2.75, 3.05) is 38.0 Å². The maximum atomic E-state index is 13.0. The Labute approximate surface area is 233 Å². The highest BCUT2D eigenvalue weighted by Gasteiger charge is 2.36. The lowest BCUT2D eigenvalue weighted by atomic mass is 10.2. The number of aryl methyl sites for hydroxylation is 1. The molecule has 2 N–H and O–H groups in total. The van der Waals surface area contributed by atoms with Crippen molar-refractivity contribution in [2.45, 2.75) is 45.8 Å². The highest BCUT2D eigenvalue weighted by atomic mass is 35.5. The Morgan fingerprint density at radius 2 is 1.76 bits per heavy atom. The summed E-state index contributed by atoms with van der Waals surface area (Å²) in [5.41, 5.74) is 1.23. The predicted octanol–water partition coefficient (Wildman–Crippen LogP) is 6.39. The van der Waals surface area contributed by atoms with E-state index in [4.69, 9.17) is 30.2 Å². The van der Waals surface area contributed by atoms with Crippen LogP contribution in [0.1, 0.15) is 36.8 Å². The molecule has 0 saturated heterocycles. The van der Waals surface area contributed by atoms with Crippen LogP contribution in [0.15, 0.2) is 23.6 Å². The molecule has 10 nitrogen and oxygen atoms in total. The summed E-state index contributed by atoms with van der Waals surface area (Å²) in [7, 11) is 1.03. The second-order valence-corrected chi connectivity index (χ2v) is 16.0. The van der Waals surface area contributed by atoms with E-state index in [1.54, 1.807) is 17.5 Å². The van der Waals surface area contributed by atoms with Crippen molar-refractivity contribution in [3.63, 3.8) is 0 Å². The number of aromatic nitrogens is 3. The molecule has 2 aromatic heterocycles. The van der Waals surface area contributed by atoms with Gasteiger partial charge in [-0.25, -0.2) is 0 Å². The molecule has 0 aliphatic carbocycles. The molecule has 1 amide bonds. The molecule has 0 atom stereocenters. The average Bonchev–Trinajstić information content (AvgIpc) is 3.32. The summed E-state index contributed by atoms with van der Waals surface area (Å²) in [6.07, 6.45) is 0. The molecule has 0 bridgehead atoms. The quantitative estimate of drug-likeness (QED) is 0.197. The van der Waals surface area contributed by atoms with E-state index in [0.29, 0.717) is 29.1 Å². The van der Waals surface area contributed by atoms with Gasteiger partial charge in [-0.05, 0) is 42.8 Å². The van der Waals surface area contributed by atoms with Gasteiger partial charge in [0.05, 0.1) is 20.8 Å². The molecule has 38 heavy (non-hydrogen) atoms. The topological polar surface area (TPSA) is 117 Å². The fraction of sp³-hybridized carbons (Fsp3) is 0.440. The van der Waals surface area contributed by atoms with Gasteiger partial charge >= 0.3 is 0 Å². The standard InChI is InChI=1S/C25H34ClN5O5SSi/c1-15-9-10-16(26)13-18(15)36-24-28-17(14-37-24)20(32)29-19-21(33-5)30-23(31-22(19)34-6)27-11-12-35-38(7,8)25(2,3)4/h9-10,13-14H,11-12H2,1-8H3,(H,29,32)(H,27,30,31). The van der Waals surface area contributed by atoms with Crippen molar-refractivity contribution in [1.29, 1.82) is 0 Å². The number of carbonyl (C=O) groups excluding carboxylic acids is 1. The molecular formula is C25H34ClN5O5SSi. The van der Waals surface area contributed by atoms with Gasteiger partial charge in [-0.3, -0.25) is 4.79 Å². The van der Waals surface area contributed by atoms with Crippen molar-refractivity contribution in [2.24, 2.45) is 0 Å². The molecule has 0 radical (unpaired) electrons. The molecule has 0 unspecified atom stereocenters. The van der Waals surface area contributed by atoms with Crippen LogP contribution in [0.4, 0.5) is 11.6 Å². The van der Waals surface area contributed by atoms with Gasteiger partial charge in [-0.15, -0.1) is 0 Å². The number of benzene rings is 1. The summed E-state index contributed by atoms with van der Waals surface area (Å²) >= 11 is 7.25. The molecule has 2 heterocycles. The summed E-state index contributed by atoms with van der Waals surface area (Å²) < 4.78 is 22.8. The van der Waals surface area contributed by atoms with Crippen LogP contribution in [0.5, 0.6) is 22.7 Å². The SMILES string of the molecule is COc1nc(NCCO[Si](C)(C)C(C)(C)C)nc(OC)c1NC(=O)c1csc(Oc2cc(Cl)ccc2C)n1. The lowest BCUT2D eigenvalue weighted by molar-refractivity contribution is 0.102. The number of methoxy groups -OCH3 is 2. The van der Waals surface area contributed by atoms with Crippen LogP contribution in [-0.4, -0.2) is 56.5 Å². The number of hydrogen-bond acceptors (Lipinski definition) is 10. The highest BCUT2D eigenvalue weighted by molar-refractivity contribution is 7.11. The normalized spacial score (nSPS) is 11.7. The Kier molecular flexibility index (Phi) is 9.58. The smallest absolute Gasteiger partial charge is 0.279 e. The molecule has 206 valence electrons. The monoisotopic (exact) mass is 579 g/mol. The molecule has 13 heteroatoms. The fourth-order valence-electron chi connectivity index (χ4n) is 2.95. The van der Waals surface area contributed by atoms with E-state index in [1.807, 2.05) is 13.0 Å². The van der Waals surface area contributed by atoms with E-state index in [-0.39, 0.29) is 34.1 Å². The van der Waals surface area contributed by atoms with E-state index in [2.05, 4.69) is 59.5 Å². The number of amides is 1. The molecule has 0 aliphatic heterocycles. The lowest BCUT2D eigenvalue weighted by Crippen LogP contribution is -2.41. The van der Waals surface area contributed by atoms with Crippen LogP contribution >= 0.6 is 22.9 Å². The minimum Gasteiger partial charge on any atom is -0.479 e. The number of carbonyl (C=O) groups is 1. The maximum absolute atomic E-state index is 13.0. The van der Waals surface area contributed by atoms with Gasteiger partial charge in [0.25, 0.3) is 11.1 Å². The Morgan fingerprint density at radius 3 is 2.37 bits per heavy atom. The predicted molar refractivity (Wildman–Crippen MR) is 153 cm³/mol. The third-order valence-corrected chi connectivity index (χ3v) is 11.7. The van der Waals surface area contributed by atoms with Crippen molar-refractivity contribution in [3.8, 4) is 22.7 Å². The van der Waals surface area contributed by atoms with Gasteiger partial charge in [-0.2, -0.15) is 15.0 Å². The van der Waals surface area contributed by atoms with Gasteiger partial charge in [0.15, 0.2) is 14.0 Å². The molecule has 0 spiro atoms. The third-order valence-electron chi connectivity index (χ3n) is 6.19. The number of halogens is 1. The zero-order valence-electron chi connectivity index (χ0n) is 22.9. The number of anilines is 2. The van der Waals surface area contributed by atoms with Crippen LogP contribution in [0.25, 0.3) is 0 Å². The largest absolute Gasteiger partial charge is 0.479 e. The van der Waals surface area contributed by atoms with E-state index in [9.17, 15) is 4.79 Å². The number of nitrogens with one attached hydrogen (secondary N) is 2. The Balaban J connectivity index is 1.69. The number of hydrogen-bond donors (Lipinski definition) is 2. The van der Waals surface area contributed by atoms with Crippen LogP contribution < -0.4 is 24.8 Å². The van der Waals surface area contributed by atoms with Crippen molar-refractivity contribution < 1.29 is 23.4 Å². The first-order valence-electron chi connectivity index (χ1n) is 11.9. The van der Waals surface area contributed by atoms with E-state index in [1.165, 1.54) is 25.6 Å². The summed E-state index contributed by atoms with van der Waals surface area (Å²) in [5.74, 6) is 0.631. The number of nitrogens with zero attached hydrogens (tertiary/aromatic N) is 3. The first-order chi connectivity index (χ1) is 17.8. The van der Waals surface area contributed by atoms with Gasteiger partial charge in [0.1, 0.15) is 11.4 Å².